The van der Waals surface area contributed by atoms with Crippen molar-refractivity contribution in [3.63, 3.8) is 0 Å². The number of rotatable bonds is 8. The van der Waals surface area contributed by atoms with Gasteiger partial charge in [-0.25, -0.2) is 0 Å². The minimum absolute atomic E-state index is 0.988. The lowest BCUT2D eigenvalue weighted by molar-refractivity contribution is 0.606. The maximum atomic E-state index is 3.72. The summed E-state index contributed by atoms with van der Waals surface area (Å²) in [4.78, 5) is 0. The highest BCUT2D eigenvalue weighted by Crippen LogP contribution is 2.00. The fourth-order valence-electron chi connectivity index (χ4n) is 1.54. The van der Waals surface area contributed by atoms with Crippen LogP contribution in [-0.2, 0) is 6.54 Å². The molecule has 0 bridgehead atoms. The lowest BCUT2D eigenvalue weighted by Gasteiger charge is -2.04. The summed E-state index contributed by atoms with van der Waals surface area (Å²) in [7, 11) is 0. The smallest absolute Gasteiger partial charge is 0.0205 e. The van der Waals surface area contributed by atoms with Crippen LogP contribution < -0.4 is 5.32 Å². The first-order chi connectivity index (χ1) is 7.43. The maximum absolute atomic E-state index is 3.72. The molecule has 0 unspecified atom stereocenters. The Morgan fingerprint density at radius 3 is 2.60 bits per heavy atom. The first kappa shape index (κ1) is 12.0. The molecule has 1 rings (SSSR count). The average molecular weight is 203 g/mol. The van der Waals surface area contributed by atoms with E-state index in [1.54, 1.807) is 0 Å². The highest BCUT2D eigenvalue weighted by Gasteiger charge is 1.90. The molecule has 0 heterocycles. The monoisotopic (exact) mass is 203 g/mol. The number of unbranched alkanes of at least 4 members (excludes halogenated alkanes) is 3. The second-order valence-electron chi connectivity index (χ2n) is 3.80. The average Bonchev–Trinajstić information content (AvgIpc) is 2.29. The molecule has 0 aliphatic carbocycles. The van der Waals surface area contributed by atoms with Crippen molar-refractivity contribution in [1.29, 1.82) is 0 Å². The number of hydrogen-bond acceptors (Lipinski definition) is 1. The molecule has 0 spiro atoms. The maximum Gasteiger partial charge on any atom is 0.0205 e. The Morgan fingerprint density at radius 2 is 1.87 bits per heavy atom. The van der Waals surface area contributed by atoms with Gasteiger partial charge in [-0.2, -0.15) is 0 Å². The normalized spacial score (nSPS) is 10.1. The third-order valence-corrected chi connectivity index (χ3v) is 2.43. The molecule has 0 aromatic heterocycles. The molecule has 0 aliphatic heterocycles. The van der Waals surface area contributed by atoms with E-state index in [-0.39, 0.29) is 0 Å². The van der Waals surface area contributed by atoms with Crippen LogP contribution in [0.3, 0.4) is 0 Å². The minimum Gasteiger partial charge on any atom is -0.313 e. The van der Waals surface area contributed by atoms with E-state index in [0.717, 1.165) is 19.5 Å². The minimum atomic E-state index is 0.988. The SMILES string of the molecule is C=CCCCCCNCc1ccccc1. The summed E-state index contributed by atoms with van der Waals surface area (Å²) >= 11 is 0. The highest BCUT2D eigenvalue weighted by molar-refractivity contribution is 5.14. The predicted octanol–water partition coefficient (Wildman–Crippen LogP) is 3.52. The van der Waals surface area contributed by atoms with E-state index in [0.29, 0.717) is 0 Å². The van der Waals surface area contributed by atoms with E-state index in [1.807, 2.05) is 6.08 Å². The van der Waals surface area contributed by atoms with Crippen molar-refractivity contribution in [1.82, 2.24) is 5.32 Å². The Kier molecular flexibility index (Phi) is 6.59. The van der Waals surface area contributed by atoms with E-state index in [4.69, 9.17) is 0 Å². The second-order valence-corrected chi connectivity index (χ2v) is 3.80. The van der Waals surface area contributed by atoms with E-state index in [9.17, 15) is 0 Å². The fourth-order valence-corrected chi connectivity index (χ4v) is 1.54. The van der Waals surface area contributed by atoms with Gasteiger partial charge in [0.25, 0.3) is 0 Å². The summed E-state index contributed by atoms with van der Waals surface area (Å²) in [5.41, 5.74) is 1.36. The van der Waals surface area contributed by atoms with Crippen LogP contribution in [0.25, 0.3) is 0 Å². The summed E-state index contributed by atoms with van der Waals surface area (Å²) in [6.07, 6.45) is 6.99. The van der Waals surface area contributed by atoms with E-state index < -0.39 is 0 Å². The Balaban J connectivity index is 1.95. The molecule has 15 heavy (non-hydrogen) atoms. The summed E-state index contributed by atoms with van der Waals surface area (Å²) in [6.45, 7) is 5.82. The molecule has 0 amide bonds. The Hall–Kier alpha value is -1.08. The van der Waals surface area contributed by atoms with Gasteiger partial charge in [-0.15, -0.1) is 6.58 Å². The van der Waals surface area contributed by atoms with Crippen molar-refractivity contribution in [3.8, 4) is 0 Å². The topological polar surface area (TPSA) is 12.0 Å². The molecule has 1 aromatic rings. The van der Waals surface area contributed by atoms with Gasteiger partial charge in [-0.05, 0) is 31.4 Å². The van der Waals surface area contributed by atoms with Crippen LogP contribution in [0.1, 0.15) is 31.2 Å². The van der Waals surface area contributed by atoms with Crippen molar-refractivity contribution in [2.24, 2.45) is 0 Å². The van der Waals surface area contributed by atoms with Crippen LogP contribution in [0.15, 0.2) is 43.0 Å². The quantitative estimate of drug-likeness (QED) is 0.503. The Labute approximate surface area is 93.2 Å². The number of hydrogen-bond donors (Lipinski definition) is 1. The van der Waals surface area contributed by atoms with Crippen LogP contribution in [0.5, 0.6) is 0 Å². The van der Waals surface area contributed by atoms with Crippen molar-refractivity contribution >= 4 is 0 Å². The molecule has 1 heteroatoms. The number of nitrogens with one attached hydrogen (secondary N) is 1. The molecule has 1 nitrogen and oxygen atoms in total. The molecule has 0 radical (unpaired) electrons. The summed E-state index contributed by atoms with van der Waals surface area (Å²) in [5, 5.41) is 3.45. The fraction of sp³-hybridized carbons (Fsp3) is 0.429. The molecule has 0 saturated heterocycles. The number of allylic oxidation sites excluding steroid dienone is 1. The van der Waals surface area contributed by atoms with Crippen LogP contribution in [0, 0.1) is 0 Å². The van der Waals surface area contributed by atoms with Gasteiger partial charge < -0.3 is 5.32 Å². The lowest BCUT2D eigenvalue weighted by Crippen LogP contribution is -2.14. The highest BCUT2D eigenvalue weighted by atomic mass is 14.8. The predicted molar refractivity (Wildman–Crippen MR) is 66.8 cm³/mol. The van der Waals surface area contributed by atoms with Gasteiger partial charge in [-0.1, -0.05) is 42.8 Å². The Morgan fingerprint density at radius 1 is 1.07 bits per heavy atom. The van der Waals surface area contributed by atoms with Crippen LogP contribution >= 0.6 is 0 Å². The molecule has 1 aromatic carbocycles. The zero-order chi connectivity index (χ0) is 10.8. The molecule has 0 saturated carbocycles. The summed E-state index contributed by atoms with van der Waals surface area (Å²) < 4.78 is 0. The van der Waals surface area contributed by atoms with Gasteiger partial charge >= 0.3 is 0 Å². The lowest BCUT2D eigenvalue weighted by atomic mass is 10.2. The molecule has 0 atom stereocenters. The second kappa shape index (κ2) is 8.25. The first-order valence-electron chi connectivity index (χ1n) is 5.79. The summed E-state index contributed by atoms with van der Waals surface area (Å²) in [6, 6.07) is 10.5. The standard InChI is InChI=1S/C14H21N/c1-2-3-4-5-9-12-15-13-14-10-7-6-8-11-14/h2,6-8,10-11,15H,1,3-5,9,12-13H2. The van der Waals surface area contributed by atoms with Crippen molar-refractivity contribution in [2.45, 2.75) is 32.2 Å². The van der Waals surface area contributed by atoms with Gasteiger partial charge in [-0.3, -0.25) is 0 Å². The molecular formula is C14H21N. The van der Waals surface area contributed by atoms with Gasteiger partial charge in [0.2, 0.25) is 0 Å². The first-order valence-corrected chi connectivity index (χ1v) is 5.79. The third-order valence-electron chi connectivity index (χ3n) is 2.43. The largest absolute Gasteiger partial charge is 0.313 e. The van der Waals surface area contributed by atoms with Crippen LogP contribution in [0.2, 0.25) is 0 Å². The van der Waals surface area contributed by atoms with Crippen LogP contribution in [-0.4, -0.2) is 6.54 Å². The van der Waals surface area contributed by atoms with Gasteiger partial charge in [0, 0.05) is 6.54 Å². The Bertz CT molecular complexity index is 253. The molecule has 0 aliphatic rings. The van der Waals surface area contributed by atoms with Crippen molar-refractivity contribution < 1.29 is 0 Å². The third kappa shape index (κ3) is 6.08. The zero-order valence-corrected chi connectivity index (χ0v) is 9.41. The molecule has 0 fully saturated rings. The van der Waals surface area contributed by atoms with Gasteiger partial charge in [0.1, 0.15) is 0 Å². The van der Waals surface area contributed by atoms with Crippen molar-refractivity contribution in [3.05, 3.63) is 48.6 Å². The van der Waals surface area contributed by atoms with E-state index >= 15 is 0 Å². The number of benzene rings is 1. The van der Waals surface area contributed by atoms with Crippen LogP contribution in [0.4, 0.5) is 0 Å². The zero-order valence-electron chi connectivity index (χ0n) is 9.41. The van der Waals surface area contributed by atoms with E-state index in [1.165, 1.54) is 24.8 Å². The van der Waals surface area contributed by atoms with E-state index in [2.05, 4.69) is 42.2 Å². The van der Waals surface area contributed by atoms with Gasteiger partial charge in [0.15, 0.2) is 0 Å². The summed E-state index contributed by atoms with van der Waals surface area (Å²) in [5.74, 6) is 0. The van der Waals surface area contributed by atoms with Crippen molar-refractivity contribution in [2.75, 3.05) is 6.54 Å². The molecule has 82 valence electrons. The molecule has 1 N–H and O–H groups in total. The molecular weight excluding hydrogens is 182 g/mol. The van der Waals surface area contributed by atoms with Gasteiger partial charge in [0.05, 0.1) is 0 Å².